The molecule has 1 saturated carbocycles. The fourth-order valence-electron chi connectivity index (χ4n) is 2.30. The zero-order valence-electron chi connectivity index (χ0n) is 11.9. The summed E-state index contributed by atoms with van der Waals surface area (Å²) < 4.78 is 1.97. The van der Waals surface area contributed by atoms with Crippen molar-refractivity contribution in [3.8, 4) is 5.69 Å². The summed E-state index contributed by atoms with van der Waals surface area (Å²) >= 11 is 6.13. The maximum absolute atomic E-state index is 6.13. The first-order chi connectivity index (χ1) is 9.63. The van der Waals surface area contributed by atoms with Gasteiger partial charge in [0.1, 0.15) is 0 Å². The summed E-state index contributed by atoms with van der Waals surface area (Å²) in [4.78, 5) is 0. The minimum Gasteiger partial charge on any atom is -0.310 e. The van der Waals surface area contributed by atoms with Crippen LogP contribution in [0.1, 0.15) is 43.9 Å². The fourth-order valence-corrected chi connectivity index (χ4v) is 2.50. The Bertz CT molecular complexity index is 600. The third-order valence-corrected chi connectivity index (χ3v) is 3.83. The Kier molecular flexibility index (Phi) is 3.81. The summed E-state index contributed by atoms with van der Waals surface area (Å²) in [6, 6.07) is 8.57. The van der Waals surface area contributed by atoms with Gasteiger partial charge in [0.25, 0.3) is 0 Å². The van der Waals surface area contributed by atoms with Gasteiger partial charge in [0.15, 0.2) is 0 Å². The van der Waals surface area contributed by atoms with E-state index in [1.165, 1.54) is 24.1 Å². The van der Waals surface area contributed by atoms with Crippen LogP contribution in [0.4, 0.5) is 0 Å². The molecule has 3 nitrogen and oxygen atoms in total. The van der Waals surface area contributed by atoms with E-state index in [0.29, 0.717) is 12.0 Å². The van der Waals surface area contributed by atoms with Crippen LogP contribution in [0.25, 0.3) is 5.69 Å². The Hall–Kier alpha value is -1.32. The van der Waals surface area contributed by atoms with E-state index in [4.69, 9.17) is 16.7 Å². The SMILES string of the molecule is CC(C)NCc1cc(Cl)ccc1-n1ccc(C2CC2)n1. The highest BCUT2D eigenvalue weighted by molar-refractivity contribution is 6.30. The van der Waals surface area contributed by atoms with Crippen molar-refractivity contribution < 1.29 is 0 Å². The molecule has 1 aliphatic carbocycles. The van der Waals surface area contributed by atoms with Crippen molar-refractivity contribution in [2.75, 3.05) is 0 Å². The van der Waals surface area contributed by atoms with Gasteiger partial charge in [0.2, 0.25) is 0 Å². The van der Waals surface area contributed by atoms with Crippen molar-refractivity contribution in [3.05, 3.63) is 46.7 Å². The highest BCUT2D eigenvalue weighted by Gasteiger charge is 2.26. The number of nitrogens with zero attached hydrogens (tertiary/aromatic N) is 2. The van der Waals surface area contributed by atoms with Crippen LogP contribution in [-0.2, 0) is 6.54 Å². The van der Waals surface area contributed by atoms with Crippen molar-refractivity contribution in [1.82, 2.24) is 15.1 Å². The maximum atomic E-state index is 6.13. The molecular weight excluding hydrogens is 270 g/mol. The molecule has 1 aromatic carbocycles. The molecule has 0 atom stereocenters. The molecule has 0 amide bonds. The van der Waals surface area contributed by atoms with Crippen molar-refractivity contribution in [3.63, 3.8) is 0 Å². The van der Waals surface area contributed by atoms with Gasteiger partial charge in [-0.3, -0.25) is 0 Å². The van der Waals surface area contributed by atoms with E-state index in [-0.39, 0.29) is 0 Å². The van der Waals surface area contributed by atoms with Crippen molar-refractivity contribution in [2.24, 2.45) is 0 Å². The maximum Gasteiger partial charge on any atom is 0.0691 e. The van der Waals surface area contributed by atoms with Crippen LogP contribution in [0, 0.1) is 0 Å². The van der Waals surface area contributed by atoms with Gasteiger partial charge in [0, 0.05) is 29.7 Å². The first-order valence-electron chi connectivity index (χ1n) is 7.21. The second-order valence-corrected chi connectivity index (χ2v) is 6.20. The quantitative estimate of drug-likeness (QED) is 0.905. The van der Waals surface area contributed by atoms with Gasteiger partial charge in [-0.05, 0) is 42.7 Å². The zero-order valence-corrected chi connectivity index (χ0v) is 12.7. The molecule has 0 spiro atoms. The van der Waals surface area contributed by atoms with Crippen molar-refractivity contribution in [1.29, 1.82) is 0 Å². The molecule has 0 unspecified atom stereocenters. The normalized spacial score (nSPS) is 15.0. The first-order valence-corrected chi connectivity index (χ1v) is 7.59. The molecule has 0 bridgehead atoms. The van der Waals surface area contributed by atoms with E-state index in [1.54, 1.807) is 0 Å². The third kappa shape index (κ3) is 3.05. The summed E-state index contributed by atoms with van der Waals surface area (Å²) in [5, 5.41) is 8.91. The summed E-state index contributed by atoms with van der Waals surface area (Å²) in [7, 11) is 0. The van der Waals surface area contributed by atoms with Gasteiger partial charge in [-0.15, -0.1) is 0 Å². The van der Waals surface area contributed by atoms with Crippen LogP contribution >= 0.6 is 11.6 Å². The predicted octanol–water partition coefficient (Wildman–Crippen LogP) is 3.90. The lowest BCUT2D eigenvalue weighted by Crippen LogP contribution is -2.22. The summed E-state index contributed by atoms with van der Waals surface area (Å²) in [5.74, 6) is 0.681. The number of nitrogens with one attached hydrogen (secondary N) is 1. The predicted molar refractivity (Wildman–Crippen MR) is 82.5 cm³/mol. The number of rotatable bonds is 5. The lowest BCUT2D eigenvalue weighted by molar-refractivity contribution is 0.586. The highest BCUT2D eigenvalue weighted by atomic mass is 35.5. The molecule has 1 N–H and O–H groups in total. The third-order valence-electron chi connectivity index (χ3n) is 3.59. The molecule has 3 rings (SSSR count). The first kappa shape index (κ1) is 13.7. The lowest BCUT2D eigenvalue weighted by atomic mass is 10.1. The van der Waals surface area contributed by atoms with Crippen LogP contribution in [0.3, 0.4) is 0 Å². The number of hydrogen-bond acceptors (Lipinski definition) is 2. The average molecular weight is 290 g/mol. The Morgan fingerprint density at radius 1 is 1.35 bits per heavy atom. The van der Waals surface area contributed by atoms with E-state index in [2.05, 4.69) is 31.4 Å². The Labute approximate surface area is 124 Å². The summed E-state index contributed by atoms with van der Waals surface area (Å²) in [6.45, 7) is 5.08. The van der Waals surface area contributed by atoms with Crippen LogP contribution in [0.5, 0.6) is 0 Å². The Morgan fingerprint density at radius 3 is 2.85 bits per heavy atom. The molecule has 20 heavy (non-hydrogen) atoms. The second kappa shape index (κ2) is 5.58. The number of hydrogen-bond donors (Lipinski definition) is 1. The molecule has 4 heteroatoms. The topological polar surface area (TPSA) is 29.9 Å². The molecule has 1 fully saturated rings. The number of benzene rings is 1. The van der Waals surface area contributed by atoms with Crippen LogP contribution in [0.15, 0.2) is 30.5 Å². The van der Waals surface area contributed by atoms with Crippen molar-refractivity contribution in [2.45, 2.75) is 45.2 Å². The number of halogens is 1. The zero-order chi connectivity index (χ0) is 14.1. The standard InChI is InChI=1S/C16H20ClN3/c1-11(2)18-10-13-9-14(17)5-6-16(13)20-8-7-15(19-20)12-3-4-12/h5-9,11-12,18H,3-4,10H2,1-2H3. The van der Waals surface area contributed by atoms with Gasteiger partial charge in [-0.2, -0.15) is 5.10 Å². The Balaban J connectivity index is 1.89. The molecule has 0 saturated heterocycles. The minimum atomic E-state index is 0.446. The van der Waals surface area contributed by atoms with Crippen molar-refractivity contribution >= 4 is 11.6 Å². The highest BCUT2D eigenvalue weighted by Crippen LogP contribution is 2.39. The molecule has 2 aromatic rings. The molecule has 1 aromatic heterocycles. The molecule has 106 valence electrons. The van der Waals surface area contributed by atoms with Crippen LogP contribution < -0.4 is 5.32 Å². The lowest BCUT2D eigenvalue weighted by Gasteiger charge is -2.13. The summed E-state index contributed by atoms with van der Waals surface area (Å²) in [5.41, 5.74) is 3.49. The second-order valence-electron chi connectivity index (χ2n) is 5.77. The van der Waals surface area contributed by atoms with E-state index in [1.807, 2.05) is 22.9 Å². The smallest absolute Gasteiger partial charge is 0.0691 e. The minimum absolute atomic E-state index is 0.446. The van der Waals surface area contributed by atoms with Gasteiger partial charge in [-0.25, -0.2) is 4.68 Å². The monoisotopic (exact) mass is 289 g/mol. The molecule has 0 radical (unpaired) electrons. The molecule has 0 aliphatic heterocycles. The van der Waals surface area contributed by atoms with Crippen LogP contribution in [0.2, 0.25) is 5.02 Å². The van der Waals surface area contributed by atoms with Gasteiger partial charge in [0.05, 0.1) is 11.4 Å². The van der Waals surface area contributed by atoms with Gasteiger partial charge >= 0.3 is 0 Å². The molecule has 1 heterocycles. The molecular formula is C16H20ClN3. The van der Waals surface area contributed by atoms with E-state index < -0.39 is 0 Å². The number of aromatic nitrogens is 2. The van der Waals surface area contributed by atoms with Crippen LogP contribution in [-0.4, -0.2) is 15.8 Å². The van der Waals surface area contributed by atoms with E-state index >= 15 is 0 Å². The Morgan fingerprint density at radius 2 is 2.15 bits per heavy atom. The summed E-state index contributed by atoms with van der Waals surface area (Å²) in [6.07, 6.45) is 4.61. The molecule has 1 aliphatic rings. The van der Waals surface area contributed by atoms with E-state index in [0.717, 1.165) is 17.3 Å². The van der Waals surface area contributed by atoms with E-state index in [9.17, 15) is 0 Å². The largest absolute Gasteiger partial charge is 0.310 e. The van der Waals surface area contributed by atoms with Gasteiger partial charge in [-0.1, -0.05) is 25.4 Å². The van der Waals surface area contributed by atoms with Gasteiger partial charge < -0.3 is 5.32 Å². The average Bonchev–Trinajstić information content (AvgIpc) is 3.15. The fraction of sp³-hybridized carbons (Fsp3) is 0.438.